The van der Waals surface area contributed by atoms with Crippen LogP contribution in [-0.4, -0.2) is 41.6 Å². The Morgan fingerprint density at radius 3 is 2.24 bits per heavy atom. The Morgan fingerprint density at radius 1 is 0.931 bits per heavy atom. The third-order valence-electron chi connectivity index (χ3n) is 5.64. The minimum atomic E-state index is -0.209. The lowest BCUT2D eigenvalue weighted by molar-refractivity contribution is -0.132. The van der Waals surface area contributed by atoms with Crippen LogP contribution in [0.4, 0.5) is 10.1 Å². The number of nitrogens with zero attached hydrogens (tertiary/aromatic N) is 3. The fourth-order valence-corrected chi connectivity index (χ4v) is 3.94. The molecule has 0 unspecified atom stereocenters. The summed E-state index contributed by atoms with van der Waals surface area (Å²) in [7, 11) is 0. The van der Waals surface area contributed by atoms with Gasteiger partial charge in [-0.25, -0.2) is 4.39 Å². The summed E-state index contributed by atoms with van der Waals surface area (Å²) >= 11 is 0. The molecule has 0 saturated carbocycles. The van der Waals surface area contributed by atoms with Crippen LogP contribution in [0, 0.1) is 12.7 Å². The van der Waals surface area contributed by atoms with Gasteiger partial charge in [-0.15, -0.1) is 0 Å². The molecule has 0 radical (unpaired) electrons. The van der Waals surface area contributed by atoms with Crippen LogP contribution in [0.25, 0.3) is 0 Å². The molecule has 2 heterocycles. The molecule has 3 aromatic rings. The lowest BCUT2D eigenvalue weighted by Gasteiger charge is -2.37. The maximum atomic E-state index is 14.1. The van der Waals surface area contributed by atoms with E-state index in [4.69, 9.17) is 0 Å². The van der Waals surface area contributed by atoms with E-state index in [9.17, 15) is 9.18 Å². The van der Waals surface area contributed by atoms with Gasteiger partial charge in [-0.05, 0) is 36.8 Å². The molecule has 4 nitrogen and oxygen atoms in total. The van der Waals surface area contributed by atoms with Crippen molar-refractivity contribution in [3.05, 3.63) is 90.0 Å². The van der Waals surface area contributed by atoms with Gasteiger partial charge in [0, 0.05) is 38.6 Å². The molecule has 2 aromatic carbocycles. The molecular formula is C24H26FN3O. The highest BCUT2D eigenvalue weighted by Gasteiger charge is 2.25. The van der Waals surface area contributed by atoms with Crippen molar-refractivity contribution in [2.45, 2.75) is 19.4 Å². The smallest absolute Gasteiger partial charge is 0.225 e. The van der Waals surface area contributed by atoms with Gasteiger partial charge < -0.3 is 14.4 Å². The fourth-order valence-electron chi connectivity index (χ4n) is 3.94. The third kappa shape index (κ3) is 4.34. The Kier molecular flexibility index (Phi) is 5.65. The van der Waals surface area contributed by atoms with Gasteiger partial charge in [0.15, 0.2) is 0 Å². The lowest BCUT2D eigenvalue weighted by Crippen LogP contribution is -2.49. The molecule has 1 saturated heterocycles. The highest BCUT2D eigenvalue weighted by atomic mass is 19.1. The molecule has 150 valence electrons. The number of para-hydroxylation sites is 1. The van der Waals surface area contributed by atoms with Crippen molar-refractivity contribution in [3.8, 4) is 0 Å². The number of aryl methyl sites for hydroxylation is 1. The van der Waals surface area contributed by atoms with Crippen LogP contribution in [0.2, 0.25) is 0 Å². The largest absolute Gasteiger partial charge is 0.366 e. The average molecular weight is 391 g/mol. The summed E-state index contributed by atoms with van der Waals surface area (Å²) in [6.45, 7) is 4.57. The molecule has 5 heteroatoms. The fraction of sp³-hybridized carbons (Fsp3) is 0.292. The van der Waals surface area contributed by atoms with Crippen LogP contribution < -0.4 is 4.90 Å². The molecule has 0 aliphatic carbocycles. The molecule has 1 aliphatic rings. The zero-order valence-corrected chi connectivity index (χ0v) is 16.7. The minimum Gasteiger partial charge on any atom is -0.366 e. The topological polar surface area (TPSA) is 28.5 Å². The number of carbonyl (C=O) groups excluding carboxylic acids is 1. The Balaban J connectivity index is 1.44. The molecule has 1 atom stereocenters. The molecule has 0 bridgehead atoms. The zero-order valence-electron chi connectivity index (χ0n) is 16.7. The first kappa shape index (κ1) is 19.2. The van der Waals surface area contributed by atoms with Crippen LogP contribution >= 0.6 is 0 Å². The van der Waals surface area contributed by atoms with E-state index in [1.807, 2.05) is 40.4 Å². The molecule has 29 heavy (non-hydrogen) atoms. The van der Waals surface area contributed by atoms with Gasteiger partial charge in [0.2, 0.25) is 5.91 Å². The van der Waals surface area contributed by atoms with E-state index in [0.717, 1.165) is 5.56 Å². The number of rotatable bonds is 5. The second-order valence-electron chi connectivity index (χ2n) is 7.58. The van der Waals surface area contributed by atoms with Crippen LogP contribution in [0.15, 0.2) is 73.1 Å². The number of piperazine rings is 1. The number of benzene rings is 2. The standard InChI is InChI=1S/C24H26FN3O/c1-19-8-10-20(11-9-19)23(26-12-4-5-13-26)18-24(29)28-16-14-27(15-17-28)22-7-3-2-6-21(22)25/h2-13,23H,14-18H2,1H3/t23-/m1/s1. The average Bonchev–Trinajstić information content (AvgIpc) is 3.28. The molecule has 0 spiro atoms. The first-order chi connectivity index (χ1) is 14.1. The molecule has 4 rings (SSSR count). The summed E-state index contributed by atoms with van der Waals surface area (Å²) in [6.07, 6.45) is 4.43. The number of amides is 1. The zero-order chi connectivity index (χ0) is 20.2. The van der Waals surface area contributed by atoms with Crippen molar-refractivity contribution in [1.29, 1.82) is 0 Å². The summed E-state index contributed by atoms with van der Waals surface area (Å²) in [6, 6.07) is 19.1. The monoisotopic (exact) mass is 391 g/mol. The highest BCUT2D eigenvalue weighted by Crippen LogP contribution is 2.25. The van der Waals surface area contributed by atoms with E-state index in [1.54, 1.807) is 12.1 Å². The summed E-state index contributed by atoms with van der Waals surface area (Å²) in [5, 5.41) is 0. The van der Waals surface area contributed by atoms with Crippen LogP contribution in [0.5, 0.6) is 0 Å². The SMILES string of the molecule is Cc1ccc([C@@H](CC(=O)N2CCN(c3ccccc3F)CC2)n2cccc2)cc1. The maximum Gasteiger partial charge on any atom is 0.225 e. The molecule has 1 aliphatic heterocycles. The van der Waals surface area contributed by atoms with Crippen molar-refractivity contribution in [2.24, 2.45) is 0 Å². The number of aromatic nitrogens is 1. The van der Waals surface area contributed by atoms with Gasteiger partial charge in [-0.1, -0.05) is 42.0 Å². The molecule has 0 N–H and O–H groups in total. The Bertz CT molecular complexity index is 945. The van der Waals surface area contributed by atoms with E-state index in [1.165, 1.54) is 11.6 Å². The van der Waals surface area contributed by atoms with Crippen LogP contribution in [0.3, 0.4) is 0 Å². The van der Waals surface area contributed by atoms with Gasteiger partial charge in [-0.3, -0.25) is 4.79 Å². The van der Waals surface area contributed by atoms with Crippen molar-refractivity contribution in [3.63, 3.8) is 0 Å². The number of hydrogen-bond acceptors (Lipinski definition) is 2. The second-order valence-corrected chi connectivity index (χ2v) is 7.58. The Morgan fingerprint density at radius 2 is 1.59 bits per heavy atom. The predicted molar refractivity (Wildman–Crippen MR) is 114 cm³/mol. The number of hydrogen-bond donors (Lipinski definition) is 0. The van der Waals surface area contributed by atoms with Gasteiger partial charge in [0.05, 0.1) is 18.2 Å². The van der Waals surface area contributed by atoms with Crippen LogP contribution in [-0.2, 0) is 4.79 Å². The quantitative estimate of drug-likeness (QED) is 0.650. The third-order valence-corrected chi connectivity index (χ3v) is 5.64. The summed E-state index contributed by atoms with van der Waals surface area (Å²) in [5.41, 5.74) is 2.95. The molecule has 1 fully saturated rings. The highest BCUT2D eigenvalue weighted by molar-refractivity contribution is 5.77. The number of carbonyl (C=O) groups is 1. The van der Waals surface area contributed by atoms with E-state index in [-0.39, 0.29) is 17.8 Å². The van der Waals surface area contributed by atoms with E-state index in [2.05, 4.69) is 35.8 Å². The minimum absolute atomic E-state index is 0.0253. The van der Waals surface area contributed by atoms with Gasteiger partial charge in [-0.2, -0.15) is 0 Å². The Hall–Kier alpha value is -3.08. The normalized spacial score (nSPS) is 15.4. The van der Waals surface area contributed by atoms with Crippen molar-refractivity contribution in [2.75, 3.05) is 31.1 Å². The van der Waals surface area contributed by atoms with Crippen molar-refractivity contribution < 1.29 is 9.18 Å². The van der Waals surface area contributed by atoms with Crippen molar-refractivity contribution >= 4 is 11.6 Å². The van der Waals surface area contributed by atoms with Gasteiger partial charge in [0.1, 0.15) is 5.82 Å². The lowest BCUT2D eigenvalue weighted by atomic mass is 10.0. The van der Waals surface area contributed by atoms with Gasteiger partial charge >= 0.3 is 0 Å². The molecule has 1 amide bonds. The summed E-state index contributed by atoms with van der Waals surface area (Å²) in [4.78, 5) is 17.0. The number of halogens is 1. The molecular weight excluding hydrogens is 365 g/mol. The summed E-state index contributed by atoms with van der Waals surface area (Å²) in [5.74, 6) is -0.0724. The predicted octanol–water partition coefficient (Wildman–Crippen LogP) is 4.26. The van der Waals surface area contributed by atoms with E-state index in [0.29, 0.717) is 38.3 Å². The molecule has 1 aromatic heterocycles. The van der Waals surface area contributed by atoms with E-state index >= 15 is 0 Å². The van der Waals surface area contributed by atoms with E-state index < -0.39 is 0 Å². The first-order valence-electron chi connectivity index (χ1n) is 10.1. The maximum absolute atomic E-state index is 14.1. The first-order valence-corrected chi connectivity index (χ1v) is 10.1. The summed E-state index contributed by atoms with van der Waals surface area (Å²) < 4.78 is 16.1. The number of anilines is 1. The van der Waals surface area contributed by atoms with Gasteiger partial charge in [0.25, 0.3) is 0 Å². The Labute approximate surface area is 171 Å². The second kappa shape index (κ2) is 8.52. The van der Waals surface area contributed by atoms with Crippen molar-refractivity contribution in [1.82, 2.24) is 9.47 Å². The van der Waals surface area contributed by atoms with Crippen LogP contribution in [0.1, 0.15) is 23.6 Å².